The van der Waals surface area contributed by atoms with Crippen molar-refractivity contribution in [3.05, 3.63) is 52.0 Å². The lowest BCUT2D eigenvalue weighted by atomic mass is 9.65. The molecule has 0 unspecified atom stereocenters. The van der Waals surface area contributed by atoms with Crippen molar-refractivity contribution in [2.45, 2.75) is 91.0 Å². The van der Waals surface area contributed by atoms with Crippen LogP contribution in [0.1, 0.15) is 84.3 Å². The number of ether oxygens (including phenoxy) is 1. The van der Waals surface area contributed by atoms with Gasteiger partial charge in [0, 0.05) is 48.8 Å². The third kappa shape index (κ3) is 4.52. The van der Waals surface area contributed by atoms with E-state index in [2.05, 4.69) is 4.72 Å². The van der Waals surface area contributed by atoms with Crippen molar-refractivity contribution in [1.82, 2.24) is 4.72 Å². The molecule has 1 aliphatic heterocycles. The summed E-state index contributed by atoms with van der Waals surface area (Å²) in [6, 6.07) is 4.70. The molecular formula is C27H35NO5S. The first-order valence-electron chi connectivity index (χ1n) is 11.9. The fraction of sp³-hybridized carbons (Fsp3) is 0.556. The zero-order chi connectivity index (χ0) is 25.2. The molecule has 1 aromatic rings. The molecule has 0 fully saturated rings. The number of hydrogen-bond acceptors (Lipinski definition) is 5. The van der Waals surface area contributed by atoms with Crippen LogP contribution in [0.5, 0.6) is 0 Å². The zero-order valence-electron chi connectivity index (χ0n) is 21.2. The van der Waals surface area contributed by atoms with E-state index < -0.39 is 15.9 Å². The molecule has 0 spiro atoms. The molecule has 0 aromatic heterocycles. The molecule has 1 heterocycles. The summed E-state index contributed by atoms with van der Waals surface area (Å²) in [4.78, 5) is 27.1. The maximum Gasteiger partial charge on any atom is 0.240 e. The number of rotatable bonds is 4. The lowest BCUT2D eigenvalue weighted by Crippen LogP contribution is -2.38. The highest BCUT2D eigenvalue weighted by Crippen LogP contribution is 2.53. The molecule has 4 rings (SSSR count). The van der Waals surface area contributed by atoms with Gasteiger partial charge in [0.2, 0.25) is 10.0 Å². The molecule has 3 aliphatic rings. The molecule has 2 aliphatic carbocycles. The minimum atomic E-state index is -3.74. The summed E-state index contributed by atoms with van der Waals surface area (Å²) < 4.78 is 34.9. The largest absolute Gasteiger partial charge is 0.465 e. The van der Waals surface area contributed by atoms with E-state index in [1.807, 2.05) is 34.6 Å². The Morgan fingerprint density at radius 3 is 1.88 bits per heavy atom. The number of nitrogens with one attached hydrogen (secondary N) is 1. The Labute approximate surface area is 202 Å². The van der Waals surface area contributed by atoms with Crippen LogP contribution in [0.15, 0.2) is 45.8 Å². The van der Waals surface area contributed by atoms with Crippen molar-refractivity contribution in [2.75, 3.05) is 0 Å². The normalized spacial score (nSPS) is 22.6. The maximum atomic E-state index is 13.5. The molecule has 7 heteroatoms. The third-order valence-corrected chi connectivity index (χ3v) is 8.50. The fourth-order valence-corrected chi connectivity index (χ4v) is 6.75. The van der Waals surface area contributed by atoms with Gasteiger partial charge in [0.15, 0.2) is 11.6 Å². The second-order valence-corrected chi connectivity index (χ2v) is 13.6. The summed E-state index contributed by atoms with van der Waals surface area (Å²) in [5.74, 6) is 0.578. The van der Waals surface area contributed by atoms with Crippen LogP contribution in [-0.4, -0.2) is 26.0 Å². The standard InChI is InChI=1S/C27H35NO5S/c1-15(2)28-34(31,32)17-9-8-16(3)18(10-17)23-24-19(29)11-26(4,5)13-21(24)33-22-14-27(6,7)12-20(30)25(22)23/h8-10,15,23,28H,11-14H2,1-7H3. The molecular weight excluding hydrogens is 450 g/mol. The van der Waals surface area contributed by atoms with Gasteiger partial charge in [-0.2, -0.15) is 0 Å². The van der Waals surface area contributed by atoms with Crippen LogP contribution in [0, 0.1) is 17.8 Å². The molecule has 6 nitrogen and oxygen atoms in total. The minimum Gasteiger partial charge on any atom is -0.465 e. The van der Waals surface area contributed by atoms with E-state index in [4.69, 9.17) is 4.74 Å². The van der Waals surface area contributed by atoms with E-state index >= 15 is 0 Å². The number of carbonyl (C=O) groups excluding carboxylic acids is 2. The molecule has 0 saturated heterocycles. The van der Waals surface area contributed by atoms with Gasteiger partial charge in [-0.3, -0.25) is 9.59 Å². The van der Waals surface area contributed by atoms with Crippen LogP contribution in [0.25, 0.3) is 0 Å². The van der Waals surface area contributed by atoms with Crippen molar-refractivity contribution in [3.63, 3.8) is 0 Å². The highest BCUT2D eigenvalue weighted by molar-refractivity contribution is 7.89. The quantitative estimate of drug-likeness (QED) is 0.642. The van der Waals surface area contributed by atoms with E-state index in [0.717, 1.165) is 5.56 Å². The van der Waals surface area contributed by atoms with Gasteiger partial charge in [-0.1, -0.05) is 33.8 Å². The maximum absolute atomic E-state index is 13.5. The molecule has 34 heavy (non-hydrogen) atoms. The van der Waals surface area contributed by atoms with E-state index in [1.165, 1.54) is 0 Å². The molecule has 0 amide bonds. The van der Waals surface area contributed by atoms with Gasteiger partial charge in [0.05, 0.1) is 4.90 Å². The number of carbonyl (C=O) groups is 2. The SMILES string of the molecule is Cc1ccc(S(=O)(=O)NC(C)C)cc1C1C2=C(CC(C)(C)CC2=O)OC2=C1C(=O)CC(C)(C)C2. The van der Waals surface area contributed by atoms with Crippen molar-refractivity contribution < 1.29 is 22.7 Å². The van der Waals surface area contributed by atoms with Gasteiger partial charge in [-0.15, -0.1) is 0 Å². The van der Waals surface area contributed by atoms with Gasteiger partial charge in [0.25, 0.3) is 0 Å². The van der Waals surface area contributed by atoms with Crippen LogP contribution < -0.4 is 4.72 Å². The Kier molecular flexibility index (Phi) is 5.97. The van der Waals surface area contributed by atoms with Gasteiger partial charge in [-0.25, -0.2) is 13.1 Å². The minimum absolute atomic E-state index is 0.0339. The fourth-order valence-electron chi connectivity index (χ4n) is 5.46. The summed E-state index contributed by atoms with van der Waals surface area (Å²) in [5.41, 5.74) is 2.06. The second-order valence-electron chi connectivity index (χ2n) is 11.9. The highest BCUT2D eigenvalue weighted by Gasteiger charge is 2.48. The van der Waals surface area contributed by atoms with Crippen LogP contribution in [0.3, 0.4) is 0 Å². The van der Waals surface area contributed by atoms with Gasteiger partial charge < -0.3 is 4.74 Å². The first-order valence-corrected chi connectivity index (χ1v) is 13.4. The summed E-state index contributed by atoms with van der Waals surface area (Å²) >= 11 is 0. The number of Topliss-reactive ketones (excluding diaryl/α,β-unsaturated/α-hetero) is 2. The molecule has 1 aromatic carbocycles. The molecule has 0 radical (unpaired) electrons. The smallest absolute Gasteiger partial charge is 0.240 e. The van der Waals surface area contributed by atoms with Gasteiger partial charge >= 0.3 is 0 Å². The average Bonchev–Trinajstić information content (AvgIpc) is 2.63. The van der Waals surface area contributed by atoms with Crippen molar-refractivity contribution in [2.24, 2.45) is 10.8 Å². The van der Waals surface area contributed by atoms with E-state index in [9.17, 15) is 18.0 Å². The summed E-state index contributed by atoms with van der Waals surface area (Å²) in [5, 5.41) is 0. The van der Waals surface area contributed by atoms with E-state index in [-0.39, 0.29) is 33.3 Å². The predicted octanol–water partition coefficient (Wildman–Crippen LogP) is 5.08. The molecule has 0 saturated carbocycles. The number of hydrogen-bond donors (Lipinski definition) is 1. The third-order valence-electron chi connectivity index (χ3n) is 6.84. The molecule has 0 bridgehead atoms. The number of ketones is 2. The number of sulfonamides is 1. The summed E-state index contributed by atoms with van der Waals surface area (Å²) in [7, 11) is -3.74. The lowest BCUT2D eigenvalue weighted by molar-refractivity contribution is -0.120. The Balaban J connectivity index is 1.95. The van der Waals surface area contributed by atoms with Gasteiger partial charge in [-0.05, 0) is 54.9 Å². The van der Waals surface area contributed by atoms with E-state index in [0.29, 0.717) is 53.9 Å². The van der Waals surface area contributed by atoms with Crippen LogP contribution in [0.4, 0.5) is 0 Å². The Hall–Kier alpha value is -2.25. The monoisotopic (exact) mass is 485 g/mol. The first kappa shape index (κ1) is 24.9. The predicted molar refractivity (Wildman–Crippen MR) is 131 cm³/mol. The second kappa shape index (κ2) is 8.16. The van der Waals surface area contributed by atoms with Crippen LogP contribution >= 0.6 is 0 Å². The Morgan fingerprint density at radius 1 is 0.912 bits per heavy atom. The lowest BCUT2D eigenvalue weighted by Gasteiger charge is -2.43. The van der Waals surface area contributed by atoms with Gasteiger partial charge in [0.1, 0.15) is 11.5 Å². The van der Waals surface area contributed by atoms with Crippen LogP contribution in [0.2, 0.25) is 0 Å². The molecule has 184 valence electrons. The van der Waals surface area contributed by atoms with Crippen molar-refractivity contribution in [1.29, 1.82) is 0 Å². The van der Waals surface area contributed by atoms with E-state index in [1.54, 1.807) is 32.0 Å². The first-order chi connectivity index (χ1) is 15.6. The van der Waals surface area contributed by atoms with Crippen LogP contribution in [-0.2, 0) is 24.3 Å². The Bertz CT molecular complexity index is 1200. The number of allylic oxidation sites excluding steroid dienone is 4. The summed E-state index contributed by atoms with van der Waals surface area (Å²) in [6.45, 7) is 13.6. The Morgan fingerprint density at radius 2 is 1.41 bits per heavy atom. The molecule has 1 N–H and O–H groups in total. The van der Waals surface area contributed by atoms with Crippen molar-refractivity contribution in [3.8, 4) is 0 Å². The molecule has 0 atom stereocenters. The summed E-state index contributed by atoms with van der Waals surface area (Å²) in [6.07, 6.45) is 1.92. The number of benzene rings is 1. The van der Waals surface area contributed by atoms with Crippen molar-refractivity contribution >= 4 is 21.6 Å². The number of aryl methyl sites for hydroxylation is 1. The topological polar surface area (TPSA) is 89.5 Å². The average molecular weight is 486 g/mol. The zero-order valence-corrected chi connectivity index (χ0v) is 22.0. The highest BCUT2D eigenvalue weighted by atomic mass is 32.2.